The van der Waals surface area contributed by atoms with Crippen LogP contribution in [0.5, 0.6) is 0 Å². The van der Waals surface area contributed by atoms with Gasteiger partial charge >= 0.3 is 5.97 Å². The highest BCUT2D eigenvalue weighted by Gasteiger charge is 2.33. The maximum Gasteiger partial charge on any atom is 0.326 e. The molecule has 1 aliphatic heterocycles. The van der Waals surface area contributed by atoms with Gasteiger partial charge in [-0.15, -0.1) is 11.3 Å². The highest BCUT2D eigenvalue weighted by Crippen LogP contribution is 2.26. The number of aliphatic carboxylic acids is 1. The van der Waals surface area contributed by atoms with Crippen molar-refractivity contribution < 1.29 is 14.7 Å². The third kappa shape index (κ3) is 2.98. The number of carbonyl (C=O) groups is 2. The zero-order valence-corrected chi connectivity index (χ0v) is 12.8. The molecule has 1 fully saturated rings. The smallest absolute Gasteiger partial charge is 0.326 e. The lowest BCUT2D eigenvalue weighted by atomic mass is 10.2. The third-order valence-corrected chi connectivity index (χ3v) is 5.13. The molecule has 0 radical (unpaired) electrons. The highest BCUT2D eigenvalue weighted by molar-refractivity contribution is 7.14. The van der Waals surface area contributed by atoms with Gasteiger partial charge in [0.05, 0.1) is 12.1 Å². The lowest BCUT2D eigenvalue weighted by Gasteiger charge is -2.20. The van der Waals surface area contributed by atoms with E-state index in [1.165, 1.54) is 16.2 Å². The first-order chi connectivity index (χ1) is 10.1. The normalized spacial score (nSPS) is 18.1. The average molecular weight is 322 g/mol. The molecule has 110 valence electrons. The van der Waals surface area contributed by atoms with Gasteiger partial charge < -0.3 is 10.0 Å². The molecule has 21 heavy (non-hydrogen) atoms. The summed E-state index contributed by atoms with van der Waals surface area (Å²) < 4.78 is 0. The van der Waals surface area contributed by atoms with Gasteiger partial charge in [0.15, 0.2) is 0 Å². The molecule has 0 saturated carbocycles. The zero-order valence-electron chi connectivity index (χ0n) is 11.2. The summed E-state index contributed by atoms with van der Waals surface area (Å²) in [7, 11) is 0. The number of carboxylic acids is 1. The van der Waals surface area contributed by atoms with E-state index in [0.717, 1.165) is 17.0 Å². The van der Waals surface area contributed by atoms with Gasteiger partial charge in [0.2, 0.25) is 5.91 Å². The second kappa shape index (κ2) is 5.95. The summed E-state index contributed by atoms with van der Waals surface area (Å²) in [6.07, 6.45) is 1.46. The first kappa shape index (κ1) is 14.2. The Morgan fingerprint density at radius 3 is 3.00 bits per heavy atom. The van der Waals surface area contributed by atoms with Crippen molar-refractivity contribution in [2.45, 2.75) is 25.3 Å². The van der Waals surface area contributed by atoms with E-state index in [1.807, 2.05) is 22.2 Å². The number of amides is 1. The van der Waals surface area contributed by atoms with E-state index in [2.05, 4.69) is 4.98 Å². The molecule has 3 rings (SSSR count). The number of carboxylic acid groups (broad SMARTS) is 1. The first-order valence-corrected chi connectivity index (χ1v) is 8.46. The lowest BCUT2D eigenvalue weighted by Crippen LogP contribution is -2.41. The Morgan fingerprint density at radius 1 is 1.43 bits per heavy atom. The molecule has 2 aromatic rings. The lowest BCUT2D eigenvalue weighted by molar-refractivity contribution is -0.148. The summed E-state index contributed by atoms with van der Waals surface area (Å²) in [6, 6.07) is 1.32. The molecule has 1 saturated heterocycles. The Bertz CT molecular complexity index is 651. The van der Waals surface area contributed by atoms with Gasteiger partial charge in [0.25, 0.3) is 0 Å². The molecule has 0 bridgehead atoms. The van der Waals surface area contributed by atoms with Gasteiger partial charge in [0.1, 0.15) is 11.0 Å². The minimum atomic E-state index is -0.918. The molecule has 0 unspecified atom stereocenters. The minimum absolute atomic E-state index is 0.151. The summed E-state index contributed by atoms with van der Waals surface area (Å²) in [6.45, 7) is 0.525. The quantitative estimate of drug-likeness (QED) is 0.939. The van der Waals surface area contributed by atoms with E-state index < -0.39 is 12.0 Å². The Kier molecular flexibility index (Phi) is 4.03. The second-order valence-corrected chi connectivity index (χ2v) is 6.55. The number of aromatic nitrogens is 1. The molecule has 1 atom stereocenters. The number of likely N-dealkylation sites (tertiary alicyclic amines) is 1. The van der Waals surface area contributed by atoms with E-state index in [1.54, 1.807) is 11.3 Å². The number of rotatable bonds is 4. The predicted molar refractivity (Wildman–Crippen MR) is 81.5 cm³/mol. The molecule has 5 nitrogen and oxygen atoms in total. The summed E-state index contributed by atoms with van der Waals surface area (Å²) in [4.78, 5) is 29.3. The summed E-state index contributed by atoms with van der Waals surface area (Å²) in [5, 5.41) is 15.9. The first-order valence-electron chi connectivity index (χ1n) is 6.64. The largest absolute Gasteiger partial charge is 0.480 e. The standard InChI is InChI=1S/C14H14N2O3S2/c17-12(16-4-1-2-11(16)14(18)19)6-10-8-21-13(15-10)9-3-5-20-7-9/h3,5,7-8,11H,1-2,4,6H2,(H,18,19)/t11-/m1/s1. The zero-order chi connectivity index (χ0) is 14.8. The van der Waals surface area contributed by atoms with Crippen LogP contribution < -0.4 is 0 Å². The van der Waals surface area contributed by atoms with Crippen molar-refractivity contribution in [1.82, 2.24) is 9.88 Å². The van der Waals surface area contributed by atoms with Crippen molar-refractivity contribution in [3.05, 3.63) is 27.9 Å². The van der Waals surface area contributed by atoms with E-state index in [9.17, 15) is 9.59 Å². The van der Waals surface area contributed by atoms with Crippen LogP contribution >= 0.6 is 22.7 Å². The summed E-state index contributed by atoms with van der Waals surface area (Å²) in [5.74, 6) is -1.07. The summed E-state index contributed by atoms with van der Waals surface area (Å²) in [5.41, 5.74) is 1.77. The van der Waals surface area contributed by atoms with Crippen molar-refractivity contribution in [3.63, 3.8) is 0 Å². The Hall–Kier alpha value is -1.73. The predicted octanol–water partition coefficient (Wildman–Crippen LogP) is 2.49. The molecule has 0 aliphatic carbocycles. The number of carbonyl (C=O) groups excluding carboxylic acids is 1. The molecule has 7 heteroatoms. The fourth-order valence-electron chi connectivity index (χ4n) is 2.49. The van der Waals surface area contributed by atoms with Gasteiger partial charge in [-0.2, -0.15) is 11.3 Å². The van der Waals surface area contributed by atoms with Crippen molar-refractivity contribution in [1.29, 1.82) is 0 Å². The maximum atomic E-state index is 12.3. The van der Waals surface area contributed by atoms with Crippen molar-refractivity contribution >= 4 is 34.6 Å². The molecular weight excluding hydrogens is 308 g/mol. The van der Waals surface area contributed by atoms with E-state index in [4.69, 9.17) is 5.11 Å². The van der Waals surface area contributed by atoms with Crippen LogP contribution in [0.15, 0.2) is 22.2 Å². The highest BCUT2D eigenvalue weighted by atomic mass is 32.1. The van der Waals surface area contributed by atoms with Gasteiger partial charge in [-0.05, 0) is 24.3 Å². The van der Waals surface area contributed by atoms with Gasteiger partial charge in [-0.3, -0.25) is 4.79 Å². The Balaban J connectivity index is 1.69. The molecular formula is C14H14N2O3S2. The second-order valence-electron chi connectivity index (χ2n) is 4.92. The number of thiophene rings is 1. The van der Waals surface area contributed by atoms with E-state index in [-0.39, 0.29) is 12.3 Å². The summed E-state index contributed by atoms with van der Waals surface area (Å²) >= 11 is 3.12. The topological polar surface area (TPSA) is 70.5 Å². The fraction of sp³-hybridized carbons (Fsp3) is 0.357. The monoisotopic (exact) mass is 322 g/mol. The van der Waals surface area contributed by atoms with Crippen molar-refractivity contribution in [2.24, 2.45) is 0 Å². The van der Waals surface area contributed by atoms with Crippen LogP contribution in [0.4, 0.5) is 0 Å². The molecule has 0 spiro atoms. The molecule has 2 aromatic heterocycles. The van der Waals surface area contributed by atoms with Gasteiger partial charge in [0, 0.05) is 22.9 Å². The van der Waals surface area contributed by atoms with Crippen LogP contribution in [0.2, 0.25) is 0 Å². The van der Waals surface area contributed by atoms with Crippen LogP contribution in [0.3, 0.4) is 0 Å². The van der Waals surface area contributed by atoms with E-state index >= 15 is 0 Å². The number of thiazole rings is 1. The third-order valence-electron chi connectivity index (χ3n) is 3.51. The molecule has 3 heterocycles. The molecule has 1 aliphatic rings. The van der Waals surface area contributed by atoms with Gasteiger partial charge in [-0.25, -0.2) is 9.78 Å². The maximum absolute atomic E-state index is 12.3. The SMILES string of the molecule is O=C(O)[C@H]1CCCN1C(=O)Cc1csc(-c2ccsc2)n1. The van der Waals surface area contributed by atoms with Crippen LogP contribution in [-0.2, 0) is 16.0 Å². The van der Waals surface area contributed by atoms with Crippen molar-refractivity contribution in [2.75, 3.05) is 6.54 Å². The van der Waals surface area contributed by atoms with Crippen LogP contribution in [0.1, 0.15) is 18.5 Å². The molecule has 0 aromatic carbocycles. The van der Waals surface area contributed by atoms with E-state index in [0.29, 0.717) is 18.7 Å². The molecule has 1 amide bonds. The van der Waals surface area contributed by atoms with Crippen LogP contribution in [0, 0.1) is 0 Å². The number of nitrogens with zero attached hydrogens (tertiary/aromatic N) is 2. The molecule has 1 N–H and O–H groups in total. The van der Waals surface area contributed by atoms with Crippen molar-refractivity contribution in [3.8, 4) is 10.6 Å². The Morgan fingerprint density at radius 2 is 2.29 bits per heavy atom. The van der Waals surface area contributed by atoms with Crippen LogP contribution in [0.25, 0.3) is 10.6 Å². The van der Waals surface area contributed by atoms with Crippen LogP contribution in [-0.4, -0.2) is 39.5 Å². The fourth-order valence-corrected chi connectivity index (χ4v) is 4.02. The number of hydrogen-bond donors (Lipinski definition) is 1. The number of hydrogen-bond acceptors (Lipinski definition) is 5. The Labute approximate surface area is 129 Å². The average Bonchev–Trinajstić information content (AvgIpc) is 3.19. The minimum Gasteiger partial charge on any atom is -0.480 e. The van der Waals surface area contributed by atoms with Gasteiger partial charge in [-0.1, -0.05) is 0 Å².